The van der Waals surface area contributed by atoms with Gasteiger partial charge in [0.15, 0.2) is 0 Å². The molecule has 1 aromatic carbocycles. The van der Waals surface area contributed by atoms with Crippen molar-refractivity contribution >= 4 is 12.0 Å². The van der Waals surface area contributed by atoms with Crippen molar-refractivity contribution in [3.8, 4) is 0 Å². The first-order valence-corrected chi connectivity index (χ1v) is 6.18. The molecule has 0 unspecified atom stereocenters. The van der Waals surface area contributed by atoms with Crippen LogP contribution in [0.3, 0.4) is 0 Å². The molecule has 3 heteroatoms. The summed E-state index contributed by atoms with van der Waals surface area (Å²) in [4.78, 5) is 2.20. The van der Waals surface area contributed by atoms with Gasteiger partial charge < -0.3 is 10.2 Å². The molecule has 1 fully saturated rings. The quantitative estimate of drug-likeness (QED) is 0.592. The molecule has 0 aromatic heterocycles. The monoisotopic (exact) mass is 241 g/mol. The van der Waals surface area contributed by atoms with Crippen LogP contribution in [0.5, 0.6) is 0 Å². The van der Waals surface area contributed by atoms with Gasteiger partial charge in [-0.05, 0) is 30.5 Å². The molecule has 0 atom stereocenters. The third kappa shape index (κ3) is 2.80. The van der Waals surface area contributed by atoms with Crippen LogP contribution in [-0.2, 0) is 6.42 Å². The van der Waals surface area contributed by atoms with Crippen molar-refractivity contribution < 1.29 is 0 Å². The summed E-state index contributed by atoms with van der Waals surface area (Å²) in [7, 11) is 0. The highest BCUT2D eigenvalue weighted by Crippen LogP contribution is 2.26. The highest BCUT2D eigenvalue weighted by molar-refractivity contribution is 5.72. The zero-order chi connectivity index (χ0) is 13.0. The zero-order valence-corrected chi connectivity index (χ0v) is 10.6. The van der Waals surface area contributed by atoms with E-state index in [0.29, 0.717) is 0 Å². The second-order valence-corrected chi connectivity index (χ2v) is 4.52. The van der Waals surface area contributed by atoms with Crippen LogP contribution in [0.1, 0.15) is 18.4 Å². The summed E-state index contributed by atoms with van der Waals surface area (Å²) in [6.45, 7) is 9.17. The van der Waals surface area contributed by atoms with Crippen LogP contribution in [0.25, 0.3) is 0 Å². The van der Waals surface area contributed by atoms with Gasteiger partial charge >= 0.3 is 0 Å². The number of benzene rings is 1. The molecule has 1 aliphatic rings. The molecule has 1 aromatic rings. The van der Waals surface area contributed by atoms with Gasteiger partial charge in [-0.15, -0.1) is 0 Å². The molecule has 2 rings (SSSR count). The lowest BCUT2D eigenvalue weighted by molar-refractivity contribution is 0.315. The van der Waals surface area contributed by atoms with Gasteiger partial charge in [0, 0.05) is 30.0 Å². The maximum absolute atomic E-state index is 6.96. The minimum absolute atomic E-state index is 0.948. The van der Waals surface area contributed by atoms with Crippen LogP contribution in [0, 0.1) is 5.41 Å². The van der Waals surface area contributed by atoms with Crippen LogP contribution in [0.4, 0.5) is 5.69 Å². The number of nitrogens with one attached hydrogen (secondary N) is 2. The van der Waals surface area contributed by atoms with Gasteiger partial charge in [0.25, 0.3) is 0 Å². The first kappa shape index (κ1) is 12.4. The average Bonchev–Trinajstić information content (AvgIpc) is 2.36. The Morgan fingerprint density at radius 3 is 2.61 bits per heavy atom. The normalized spacial score (nSPS) is 14.0. The van der Waals surface area contributed by atoms with E-state index in [0.717, 1.165) is 37.2 Å². The number of hydrogen-bond acceptors (Lipinski definition) is 2. The fourth-order valence-corrected chi connectivity index (χ4v) is 2.04. The topological polar surface area (TPSA) is 39.1 Å². The largest absolute Gasteiger partial charge is 0.349 e. The molecule has 1 aliphatic heterocycles. The Kier molecular flexibility index (Phi) is 3.82. The fourth-order valence-electron chi connectivity index (χ4n) is 2.04. The van der Waals surface area contributed by atoms with Crippen LogP contribution >= 0.6 is 0 Å². The molecule has 2 N–H and O–H groups in total. The molecule has 0 saturated carbocycles. The van der Waals surface area contributed by atoms with Crippen LogP contribution < -0.4 is 5.32 Å². The number of hydrogen-bond donors (Lipinski definition) is 2. The summed E-state index contributed by atoms with van der Waals surface area (Å²) in [6, 6.07) is 8.16. The fraction of sp³-hybridized carbons (Fsp3) is 0.267. The first-order valence-electron chi connectivity index (χ1n) is 6.18. The Balaban J connectivity index is 1.84. The third-order valence-corrected chi connectivity index (χ3v) is 3.28. The molecule has 0 aliphatic carbocycles. The van der Waals surface area contributed by atoms with Gasteiger partial charge in [0.05, 0.1) is 6.34 Å². The van der Waals surface area contributed by atoms with Crippen molar-refractivity contribution in [2.45, 2.75) is 19.3 Å². The van der Waals surface area contributed by atoms with E-state index in [1.807, 2.05) is 12.1 Å². The molecule has 3 nitrogen and oxygen atoms in total. The van der Waals surface area contributed by atoms with Gasteiger partial charge in [-0.1, -0.05) is 25.3 Å². The lowest BCUT2D eigenvalue weighted by Gasteiger charge is -2.37. The molecular weight excluding hydrogens is 222 g/mol. The van der Waals surface area contributed by atoms with Gasteiger partial charge in [-0.3, -0.25) is 5.41 Å². The van der Waals surface area contributed by atoms with Crippen LogP contribution in [0.15, 0.2) is 48.8 Å². The third-order valence-electron chi connectivity index (χ3n) is 3.28. The molecule has 0 bridgehead atoms. The number of aryl methyl sites for hydroxylation is 1. The summed E-state index contributed by atoms with van der Waals surface area (Å²) in [5.74, 6) is 0. The summed E-state index contributed by atoms with van der Waals surface area (Å²) >= 11 is 0. The Bertz CT molecular complexity index is 459. The summed E-state index contributed by atoms with van der Waals surface area (Å²) in [5.41, 5.74) is 4.58. The second kappa shape index (κ2) is 5.54. The first-order chi connectivity index (χ1) is 8.70. The Labute approximate surface area is 108 Å². The van der Waals surface area contributed by atoms with Gasteiger partial charge in [-0.25, -0.2) is 0 Å². The second-order valence-electron chi connectivity index (χ2n) is 4.52. The smallest absolute Gasteiger partial charge is 0.0835 e. The van der Waals surface area contributed by atoms with E-state index < -0.39 is 0 Å². The van der Waals surface area contributed by atoms with Crippen molar-refractivity contribution in [2.24, 2.45) is 0 Å². The van der Waals surface area contributed by atoms with Crippen molar-refractivity contribution in [1.29, 1.82) is 5.41 Å². The predicted octanol–water partition coefficient (Wildman–Crippen LogP) is 3.37. The lowest BCUT2D eigenvalue weighted by Crippen LogP contribution is -2.33. The Morgan fingerprint density at radius 2 is 2.11 bits per heavy atom. The number of nitrogens with zero attached hydrogens (tertiary/aromatic N) is 1. The summed E-state index contributed by atoms with van der Waals surface area (Å²) in [5, 5.41) is 9.81. The van der Waals surface area contributed by atoms with Gasteiger partial charge in [0.2, 0.25) is 0 Å². The van der Waals surface area contributed by atoms with E-state index in [-0.39, 0.29) is 0 Å². The molecule has 94 valence electrons. The average molecular weight is 241 g/mol. The van der Waals surface area contributed by atoms with Crippen molar-refractivity contribution in [3.63, 3.8) is 0 Å². The minimum Gasteiger partial charge on any atom is -0.349 e. The highest BCUT2D eigenvalue weighted by Gasteiger charge is 2.19. The number of allylic oxidation sites excluding steroid dienone is 1. The van der Waals surface area contributed by atoms with Crippen molar-refractivity contribution in [2.75, 3.05) is 11.9 Å². The Morgan fingerprint density at radius 1 is 1.39 bits per heavy atom. The maximum Gasteiger partial charge on any atom is 0.0835 e. The highest BCUT2D eigenvalue weighted by atomic mass is 15.2. The molecule has 0 radical (unpaired) electrons. The molecule has 0 amide bonds. The summed E-state index contributed by atoms with van der Waals surface area (Å²) < 4.78 is 0. The molecule has 0 spiro atoms. The van der Waals surface area contributed by atoms with E-state index in [1.165, 1.54) is 17.6 Å². The SMILES string of the molecule is C=C(CCc1ccc(NC=N)cc1)N1CCC1=C. The van der Waals surface area contributed by atoms with E-state index in [9.17, 15) is 0 Å². The standard InChI is InChI=1S/C15H19N3/c1-12(18-10-9-13(18)2)3-4-14-5-7-15(8-6-14)17-11-16/h5-8,11H,1-4,9-10H2,(H2,16,17). The molecule has 18 heavy (non-hydrogen) atoms. The minimum atomic E-state index is 0.948. The molecular formula is C15H19N3. The van der Waals surface area contributed by atoms with Gasteiger partial charge in [-0.2, -0.15) is 0 Å². The lowest BCUT2D eigenvalue weighted by atomic mass is 10.0. The number of rotatable bonds is 6. The Hall–Kier alpha value is -2.03. The van der Waals surface area contributed by atoms with Crippen molar-refractivity contribution in [3.05, 3.63) is 54.4 Å². The van der Waals surface area contributed by atoms with Crippen LogP contribution in [0.2, 0.25) is 0 Å². The van der Waals surface area contributed by atoms with E-state index >= 15 is 0 Å². The number of anilines is 1. The summed E-state index contributed by atoms with van der Waals surface area (Å²) in [6.07, 6.45) is 4.25. The van der Waals surface area contributed by atoms with Gasteiger partial charge in [0.1, 0.15) is 0 Å². The maximum atomic E-state index is 6.96. The van der Waals surface area contributed by atoms with Crippen molar-refractivity contribution in [1.82, 2.24) is 4.90 Å². The zero-order valence-electron chi connectivity index (χ0n) is 10.6. The number of likely N-dealkylation sites (tertiary alicyclic amines) is 1. The van der Waals surface area contributed by atoms with E-state index in [1.54, 1.807) is 0 Å². The van der Waals surface area contributed by atoms with Crippen LogP contribution in [-0.4, -0.2) is 17.8 Å². The molecule has 1 heterocycles. The molecule has 1 saturated heterocycles. The predicted molar refractivity (Wildman–Crippen MR) is 76.8 cm³/mol. The van der Waals surface area contributed by atoms with E-state index in [2.05, 4.69) is 35.5 Å². The van der Waals surface area contributed by atoms with E-state index in [4.69, 9.17) is 5.41 Å².